The van der Waals surface area contributed by atoms with Gasteiger partial charge in [0.1, 0.15) is 0 Å². The molecular formula is C47H29N3. The fourth-order valence-corrected chi connectivity index (χ4v) is 7.58. The Kier molecular flexibility index (Phi) is 6.49. The van der Waals surface area contributed by atoms with Gasteiger partial charge >= 0.3 is 0 Å². The van der Waals surface area contributed by atoms with Crippen molar-refractivity contribution in [2.45, 2.75) is 0 Å². The molecule has 1 heterocycles. The normalized spacial score (nSPS) is 11.6. The molecule has 0 unspecified atom stereocenters. The second-order valence-corrected chi connectivity index (χ2v) is 12.8. The number of nitrogens with zero attached hydrogens (tertiary/aromatic N) is 3. The van der Waals surface area contributed by atoms with Gasteiger partial charge in [-0.25, -0.2) is 15.0 Å². The summed E-state index contributed by atoms with van der Waals surface area (Å²) in [4.78, 5) is 14.9. The van der Waals surface area contributed by atoms with Crippen LogP contribution in [0.2, 0.25) is 0 Å². The lowest BCUT2D eigenvalue weighted by Gasteiger charge is -2.17. The number of hydrogen-bond donors (Lipinski definition) is 0. The number of hydrogen-bond acceptors (Lipinski definition) is 3. The summed E-state index contributed by atoms with van der Waals surface area (Å²) >= 11 is 0. The van der Waals surface area contributed by atoms with Crippen molar-refractivity contribution >= 4 is 53.9 Å². The average molecular weight is 636 g/mol. The van der Waals surface area contributed by atoms with E-state index in [-0.39, 0.29) is 0 Å². The van der Waals surface area contributed by atoms with Crippen LogP contribution < -0.4 is 0 Å². The summed E-state index contributed by atoms with van der Waals surface area (Å²) in [5, 5.41) is 12.8. The van der Waals surface area contributed by atoms with E-state index in [1.807, 2.05) is 60.7 Å². The molecule has 50 heavy (non-hydrogen) atoms. The van der Waals surface area contributed by atoms with Gasteiger partial charge < -0.3 is 0 Å². The van der Waals surface area contributed by atoms with Crippen LogP contribution in [0.5, 0.6) is 0 Å². The maximum absolute atomic E-state index is 5.00. The van der Waals surface area contributed by atoms with Gasteiger partial charge in [0, 0.05) is 16.7 Å². The molecule has 0 N–H and O–H groups in total. The molecule has 0 aliphatic heterocycles. The number of fused-ring (bicyclic) bond motifs is 11. The average Bonchev–Trinajstić information content (AvgIpc) is 3.21. The molecule has 1 aromatic heterocycles. The summed E-state index contributed by atoms with van der Waals surface area (Å²) in [7, 11) is 0. The van der Waals surface area contributed by atoms with Crippen molar-refractivity contribution in [3.63, 3.8) is 0 Å². The Morgan fingerprint density at radius 1 is 0.220 bits per heavy atom. The smallest absolute Gasteiger partial charge is 0.164 e. The molecule has 232 valence electrons. The highest BCUT2D eigenvalue weighted by Crippen LogP contribution is 2.44. The van der Waals surface area contributed by atoms with Crippen molar-refractivity contribution in [3.05, 3.63) is 176 Å². The maximum Gasteiger partial charge on any atom is 0.164 e. The van der Waals surface area contributed by atoms with Crippen molar-refractivity contribution in [1.29, 1.82) is 0 Å². The van der Waals surface area contributed by atoms with E-state index in [2.05, 4.69) is 115 Å². The number of benzene rings is 9. The van der Waals surface area contributed by atoms with Crippen LogP contribution >= 0.6 is 0 Å². The molecule has 0 atom stereocenters. The monoisotopic (exact) mass is 635 g/mol. The van der Waals surface area contributed by atoms with Gasteiger partial charge in [-0.2, -0.15) is 0 Å². The molecule has 10 aromatic rings. The molecule has 0 bridgehead atoms. The highest BCUT2D eigenvalue weighted by Gasteiger charge is 2.17. The van der Waals surface area contributed by atoms with Crippen molar-refractivity contribution in [3.8, 4) is 45.3 Å². The minimum absolute atomic E-state index is 0.647. The van der Waals surface area contributed by atoms with Crippen molar-refractivity contribution in [1.82, 2.24) is 15.0 Å². The molecule has 0 amide bonds. The molecular weight excluding hydrogens is 607 g/mol. The van der Waals surface area contributed by atoms with Crippen LogP contribution in [0.4, 0.5) is 0 Å². The lowest BCUT2D eigenvalue weighted by atomic mass is 9.86. The van der Waals surface area contributed by atoms with E-state index < -0.39 is 0 Å². The summed E-state index contributed by atoms with van der Waals surface area (Å²) in [6, 6.07) is 62.3. The Morgan fingerprint density at radius 3 is 1.10 bits per heavy atom. The second kappa shape index (κ2) is 11.5. The molecule has 0 radical (unpaired) electrons. The van der Waals surface area contributed by atoms with Gasteiger partial charge in [-0.15, -0.1) is 0 Å². The van der Waals surface area contributed by atoms with E-state index in [1.54, 1.807) is 0 Å². The summed E-state index contributed by atoms with van der Waals surface area (Å²) < 4.78 is 0. The first-order valence-corrected chi connectivity index (χ1v) is 17.0. The summed E-state index contributed by atoms with van der Waals surface area (Å²) in [6.45, 7) is 0. The van der Waals surface area contributed by atoms with Crippen LogP contribution in [0, 0.1) is 0 Å². The first-order valence-electron chi connectivity index (χ1n) is 17.0. The predicted octanol–water partition coefficient (Wildman–Crippen LogP) is 12.3. The topological polar surface area (TPSA) is 38.7 Å². The van der Waals surface area contributed by atoms with Gasteiger partial charge in [0.25, 0.3) is 0 Å². The van der Waals surface area contributed by atoms with Gasteiger partial charge in [0.15, 0.2) is 17.5 Å². The Morgan fingerprint density at radius 2 is 0.580 bits per heavy atom. The molecule has 0 aliphatic rings. The summed E-state index contributed by atoms with van der Waals surface area (Å²) in [5.41, 5.74) is 5.11. The van der Waals surface area contributed by atoms with E-state index in [4.69, 9.17) is 15.0 Å². The first-order chi connectivity index (χ1) is 24.8. The highest BCUT2D eigenvalue weighted by molar-refractivity contribution is 6.39. The first kappa shape index (κ1) is 28.3. The Bertz CT molecular complexity index is 2840. The Labute approximate surface area is 289 Å². The number of rotatable bonds is 4. The molecule has 3 nitrogen and oxygen atoms in total. The van der Waals surface area contributed by atoms with Crippen LogP contribution in [0.15, 0.2) is 176 Å². The Balaban J connectivity index is 1.21. The fraction of sp³-hybridized carbons (Fsp3) is 0. The SMILES string of the molecule is c1ccc(-c2nc(-c3ccccc3)nc(-c3cccc(-c4ccc5c6ccccc6c6c7ccccc7c7ccccc7c6c5c4)c3)n2)cc1. The molecule has 0 spiro atoms. The highest BCUT2D eigenvalue weighted by atomic mass is 15.0. The second-order valence-electron chi connectivity index (χ2n) is 12.8. The van der Waals surface area contributed by atoms with Crippen LogP contribution in [0.25, 0.3) is 99.2 Å². The van der Waals surface area contributed by atoms with E-state index >= 15 is 0 Å². The minimum atomic E-state index is 0.647. The zero-order valence-electron chi connectivity index (χ0n) is 27.1. The minimum Gasteiger partial charge on any atom is -0.208 e. The maximum atomic E-state index is 5.00. The van der Waals surface area contributed by atoms with Gasteiger partial charge in [0.05, 0.1) is 0 Å². The van der Waals surface area contributed by atoms with Crippen LogP contribution in [-0.2, 0) is 0 Å². The van der Waals surface area contributed by atoms with Crippen LogP contribution in [0.3, 0.4) is 0 Å². The van der Waals surface area contributed by atoms with Crippen LogP contribution in [-0.4, -0.2) is 15.0 Å². The molecule has 9 aromatic carbocycles. The van der Waals surface area contributed by atoms with Crippen LogP contribution in [0.1, 0.15) is 0 Å². The largest absolute Gasteiger partial charge is 0.208 e. The van der Waals surface area contributed by atoms with Gasteiger partial charge in [-0.3, -0.25) is 0 Å². The third-order valence-electron chi connectivity index (χ3n) is 9.86. The van der Waals surface area contributed by atoms with Gasteiger partial charge in [0.2, 0.25) is 0 Å². The molecule has 0 aliphatic carbocycles. The standard InChI is InChI=1S/C47H29N3/c1-3-14-30(15-4-1)45-48-46(31-16-5-2-6-17-31)50-47(49-45)34-19-13-18-32(28-34)33-26-27-38-37-22-9-11-24-40(37)43-39-23-10-7-20-35(39)36-21-8-12-25-41(36)44(43)42(38)29-33/h1-29H. The van der Waals surface area contributed by atoms with Gasteiger partial charge in [-0.05, 0) is 77.1 Å². The molecule has 3 heteroatoms. The quantitative estimate of drug-likeness (QED) is 0.181. The number of aromatic nitrogens is 3. The van der Waals surface area contributed by atoms with E-state index in [0.29, 0.717) is 17.5 Å². The van der Waals surface area contributed by atoms with E-state index in [1.165, 1.54) is 53.9 Å². The third-order valence-corrected chi connectivity index (χ3v) is 9.86. The van der Waals surface area contributed by atoms with Crippen molar-refractivity contribution in [2.24, 2.45) is 0 Å². The third kappa shape index (κ3) is 4.56. The lowest BCUT2D eigenvalue weighted by Crippen LogP contribution is -2.00. The zero-order valence-corrected chi connectivity index (χ0v) is 27.1. The molecule has 10 rings (SSSR count). The molecule has 0 saturated carbocycles. The summed E-state index contributed by atoms with van der Waals surface area (Å²) in [6.07, 6.45) is 0. The fourth-order valence-electron chi connectivity index (χ4n) is 7.58. The molecule has 0 fully saturated rings. The van der Waals surface area contributed by atoms with E-state index in [0.717, 1.165) is 27.8 Å². The van der Waals surface area contributed by atoms with Crippen molar-refractivity contribution in [2.75, 3.05) is 0 Å². The van der Waals surface area contributed by atoms with Crippen molar-refractivity contribution < 1.29 is 0 Å². The van der Waals surface area contributed by atoms with Gasteiger partial charge in [-0.1, -0.05) is 164 Å². The van der Waals surface area contributed by atoms with E-state index in [9.17, 15) is 0 Å². The Hall–Kier alpha value is -6.71. The predicted molar refractivity (Wildman–Crippen MR) is 209 cm³/mol. The molecule has 0 saturated heterocycles. The zero-order chi connectivity index (χ0) is 33.0. The summed E-state index contributed by atoms with van der Waals surface area (Å²) in [5.74, 6) is 1.96. The lowest BCUT2D eigenvalue weighted by molar-refractivity contribution is 1.07.